The van der Waals surface area contributed by atoms with Gasteiger partial charge in [0, 0.05) is 25.5 Å². The van der Waals surface area contributed by atoms with E-state index < -0.39 is 0 Å². The maximum absolute atomic E-state index is 12.1. The van der Waals surface area contributed by atoms with E-state index in [9.17, 15) is 4.79 Å². The molecule has 0 bridgehead atoms. The molecule has 34 heavy (non-hydrogen) atoms. The van der Waals surface area contributed by atoms with Gasteiger partial charge in [-0.25, -0.2) is 4.79 Å². The van der Waals surface area contributed by atoms with Crippen molar-refractivity contribution in [2.24, 2.45) is 11.5 Å². The molecule has 0 unspecified atom stereocenters. The van der Waals surface area contributed by atoms with Gasteiger partial charge in [-0.05, 0) is 64.8 Å². The summed E-state index contributed by atoms with van der Waals surface area (Å²) >= 11 is 0. The lowest BCUT2D eigenvalue weighted by atomic mass is 9.91. The standard InChI is InChI=1S/C29H35N3O2/c1-4-22-16-25(23-8-6-5-7-9-23)12-13-28(22)26-11-10-24(14-15-32(19-30)20-31)27(17-26)18-34-29(33)21(2)3/h5-13,16-17H,2,4,14-15,18-20,30-31H2,1,3H3. The lowest BCUT2D eigenvalue weighted by Gasteiger charge is -2.19. The number of nitrogens with zero attached hydrogens (tertiary/aromatic N) is 1. The second-order valence-corrected chi connectivity index (χ2v) is 8.44. The highest BCUT2D eigenvalue weighted by molar-refractivity contribution is 5.87. The van der Waals surface area contributed by atoms with E-state index in [-0.39, 0.29) is 12.6 Å². The van der Waals surface area contributed by atoms with Crippen LogP contribution in [-0.2, 0) is 29.0 Å². The van der Waals surface area contributed by atoms with E-state index in [1.807, 2.05) is 11.0 Å². The van der Waals surface area contributed by atoms with E-state index in [4.69, 9.17) is 16.2 Å². The van der Waals surface area contributed by atoms with Crippen LogP contribution in [0.3, 0.4) is 0 Å². The number of carbonyl (C=O) groups is 1. The minimum Gasteiger partial charge on any atom is -0.457 e. The summed E-state index contributed by atoms with van der Waals surface area (Å²) in [6.45, 7) is 9.25. The van der Waals surface area contributed by atoms with Crippen molar-refractivity contribution >= 4 is 5.97 Å². The molecule has 5 nitrogen and oxygen atoms in total. The zero-order valence-electron chi connectivity index (χ0n) is 20.2. The Morgan fingerprint density at radius 3 is 2.21 bits per heavy atom. The first-order valence-corrected chi connectivity index (χ1v) is 11.7. The van der Waals surface area contributed by atoms with Crippen LogP contribution in [0.4, 0.5) is 0 Å². The molecule has 3 aromatic carbocycles. The molecule has 0 radical (unpaired) electrons. The molecular formula is C29H35N3O2. The molecule has 0 heterocycles. The molecule has 3 aromatic rings. The van der Waals surface area contributed by atoms with Gasteiger partial charge in [-0.2, -0.15) is 0 Å². The van der Waals surface area contributed by atoms with Crippen LogP contribution in [0.15, 0.2) is 78.9 Å². The largest absolute Gasteiger partial charge is 0.457 e. The van der Waals surface area contributed by atoms with Gasteiger partial charge >= 0.3 is 5.97 Å². The summed E-state index contributed by atoms with van der Waals surface area (Å²) in [5.74, 6) is -0.386. The van der Waals surface area contributed by atoms with Crippen LogP contribution in [0.1, 0.15) is 30.5 Å². The molecule has 4 N–H and O–H groups in total. The highest BCUT2D eigenvalue weighted by Gasteiger charge is 2.13. The van der Waals surface area contributed by atoms with Gasteiger partial charge in [0.1, 0.15) is 6.61 Å². The lowest BCUT2D eigenvalue weighted by molar-refractivity contribution is -0.140. The van der Waals surface area contributed by atoms with Crippen molar-refractivity contribution in [3.63, 3.8) is 0 Å². The van der Waals surface area contributed by atoms with Crippen LogP contribution in [0.2, 0.25) is 0 Å². The van der Waals surface area contributed by atoms with E-state index in [0.717, 1.165) is 36.1 Å². The molecule has 5 heteroatoms. The van der Waals surface area contributed by atoms with Crippen molar-refractivity contribution in [2.75, 3.05) is 19.9 Å². The summed E-state index contributed by atoms with van der Waals surface area (Å²) < 4.78 is 5.51. The Morgan fingerprint density at radius 1 is 0.882 bits per heavy atom. The summed E-state index contributed by atoms with van der Waals surface area (Å²) in [5, 5.41) is 0. The van der Waals surface area contributed by atoms with Crippen molar-refractivity contribution in [3.05, 3.63) is 95.6 Å². The number of nitrogens with two attached hydrogens (primary N) is 2. The van der Waals surface area contributed by atoms with Gasteiger partial charge in [0.15, 0.2) is 0 Å². The zero-order valence-corrected chi connectivity index (χ0v) is 20.2. The maximum Gasteiger partial charge on any atom is 0.333 e. The van der Waals surface area contributed by atoms with Crippen molar-refractivity contribution < 1.29 is 9.53 Å². The van der Waals surface area contributed by atoms with Crippen molar-refractivity contribution in [1.29, 1.82) is 0 Å². The molecule has 3 rings (SSSR count). The highest BCUT2D eigenvalue weighted by Crippen LogP contribution is 2.31. The third-order valence-corrected chi connectivity index (χ3v) is 6.03. The zero-order chi connectivity index (χ0) is 24.5. The van der Waals surface area contributed by atoms with Gasteiger partial charge in [0.05, 0.1) is 0 Å². The van der Waals surface area contributed by atoms with Crippen LogP contribution in [0.25, 0.3) is 22.3 Å². The van der Waals surface area contributed by atoms with Gasteiger partial charge in [0.25, 0.3) is 0 Å². The lowest BCUT2D eigenvalue weighted by Crippen LogP contribution is -2.36. The number of ether oxygens (including phenoxy) is 1. The van der Waals surface area contributed by atoms with E-state index in [2.05, 4.69) is 74.2 Å². The molecule has 0 saturated carbocycles. The van der Waals surface area contributed by atoms with E-state index in [1.165, 1.54) is 22.3 Å². The van der Waals surface area contributed by atoms with Gasteiger partial charge in [-0.1, -0.05) is 74.2 Å². The number of aryl methyl sites for hydroxylation is 1. The minimum absolute atomic E-state index is 0.198. The summed E-state index contributed by atoms with van der Waals surface area (Å²) in [6.07, 6.45) is 1.68. The first-order valence-electron chi connectivity index (χ1n) is 11.7. The predicted octanol–water partition coefficient (Wildman–Crippen LogP) is 4.88. The molecule has 0 aliphatic heterocycles. The number of benzene rings is 3. The van der Waals surface area contributed by atoms with Gasteiger partial charge in [-0.3, -0.25) is 4.90 Å². The molecular weight excluding hydrogens is 422 g/mol. The maximum atomic E-state index is 12.1. The SMILES string of the molecule is C=C(C)C(=O)OCc1cc(-c2ccc(-c3ccccc3)cc2CC)ccc1CCN(CN)CN. The number of hydrogen-bond donors (Lipinski definition) is 2. The molecule has 0 aromatic heterocycles. The molecule has 0 aliphatic carbocycles. The summed E-state index contributed by atoms with van der Waals surface area (Å²) in [6, 6.07) is 23.4. The topological polar surface area (TPSA) is 81.6 Å². The third-order valence-electron chi connectivity index (χ3n) is 6.03. The highest BCUT2D eigenvalue weighted by atomic mass is 16.5. The van der Waals surface area contributed by atoms with Crippen molar-refractivity contribution in [1.82, 2.24) is 4.90 Å². The van der Waals surface area contributed by atoms with Crippen LogP contribution >= 0.6 is 0 Å². The van der Waals surface area contributed by atoms with Crippen LogP contribution in [0.5, 0.6) is 0 Å². The van der Waals surface area contributed by atoms with Crippen LogP contribution < -0.4 is 11.5 Å². The number of rotatable bonds is 11. The minimum atomic E-state index is -0.386. The molecule has 0 aliphatic rings. The Labute approximate surface area is 203 Å². The van der Waals surface area contributed by atoms with E-state index >= 15 is 0 Å². The molecule has 0 spiro atoms. The van der Waals surface area contributed by atoms with Crippen molar-refractivity contribution in [3.8, 4) is 22.3 Å². The fourth-order valence-electron chi connectivity index (χ4n) is 3.95. The first kappa shape index (κ1) is 25.4. The summed E-state index contributed by atoms with van der Waals surface area (Å²) in [4.78, 5) is 14.0. The van der Waals surface area contributed by atoms with Gasteiger partial charge in [-0.15, -0.1) is 0 Å². The van der Waals surface area contributed by atoms with E-state index in [0.29, 0.717) is 18.9 Å². The average molecular weight is 458 g/mol. The Kier molecular flexibility index (Phi) is 9.16. The molecule has 0 amide bonds. The fraction of sp³-hybridized carbons (Fsp3) is 0.276. The second-order valence-electron chi connectivity index (χ2n) is 8.44. The second kappa shape index (κ2) is 12.3. The Morgan fingerprint density at radius 2 is 1.56 bits per heavy atom. The summed E-state index contributed by atoms with van der Waals surface area (Å²) in [5.41, 5.74) is 20.0. The normalized spacial score (nSPS) is 11.0. The molecule has 0 saturated heterocycles. The quantitative estimate of drug-likeness (QED) is 0.244. The Balaban J connectivity index is 1.95. The Hall–Kier alpha value is -3.25. The first-order chi connectivity index (χ1) is 16.5. The Bertz CT molecular complexity index is 1120. The number of esters is 1. The third kappa shape index (κ3) is 6.41. The van der Waals surface area contributed by atoms with Crippen LogP contribution in [0, 0.1) is 0 Å². The monoisotopic (exact) mass is 457 g/mol. The molecule has 0 atom stereocenters. The van der Waals surface area contributed by atoms with E-state index in [1.54, 1.807) is 6.92 Å². The van der Waals surface area contributed by atoms with Crippen LogP contribution in [-0.4, -0.2) is 30.8 Å². The van der Waals surface area contributed by atoms with Gasteiger partial charge in [0.2, 0.25) is 0 Å². The van der Waals surface area contributed by atoms with Crippen molar-refractivity contribution in [2.45, 2.75) is 33.3 Å². The summed E-state index contributed by atoms with van der Waals surface area (Å²) in [7, 11) is 0. The number of hydrogen-bond acceptors (Lipinski definition) is 5. The van der Waals surface area contributed by atoms with Gasteiger partial charge < -0.3 is 16.2 Å². The molecule has 178 valence electrons. The predicted molar refractivity (Wildman–Crippen MR) is 140 cm³/mol. The molecule has 0 fully saturated rings. The smallest absolute Gasteiger partial charge is 0.333 e. The fourth-order valence-corrected chi connectivity index (χ4v) is 3.95. The number of carbonyl (C=O) groups excluding carboxylic acids is 1. The average Bonchev–Trinajstić information content (AvgIpc) is 2.88.